The molecule has 0 saturated heterocycles. The van der Waals surface area contributed by atoms with E-state index in [0.717, 1.165) is 67.9 Å². The predicted octanol–water partition coefficient (Wildman–Crippen LogP) is 6.59. The molecular formula is C40H47N3O7S. The minimum atomic E-state index is -3.70. The van der Waals surface area contributed by atoms with Gasteiger partial charge in [0.15, 0.2) is 12.4 Å². The highest BCUT2D eigenvalue weighted by molar-refractivity contribution is 7.89. The molecule has 0 fully saturated rings. The summed E-state index contributed by atoms with van der Waals surface area (Å²) in [7, 11) is -3.70. The van der Waals surface area contributed by atoms with Crippen molar-refractivity contribution in [2.24, 2.45) is 5.14 Å². The zero-order chi connectivity index (χ0) is 35.9. The fourth-order valence-corrected chi connectivity index (χ4v) is 6.72. The third-order valence-electron chi connectivity index (χ3n) is 8.78. The summed E-state index contributed by atoms with van der Waals surface area (Å²) < 4.78 is 41.1. The molecule has 3 N–H and O–H groups in total. The third-order valence-corrected chi connectivity index (χ3v) is 9.69. The zero-order valence-corrected chi connectivity index (χ0v) is 29.7. The van der Waals surface area contributed by atoms with Gasteiger partial charge in [-0.25, -0.2) is 13.6 Å². The summed E-state index contributed by atoms with van der Waals surface area (Å²) in [6.45, 7) is 2.80. The van der Waals surface area contributed by atoms with Gasteiger partial charge in [-0.2, -0.15) is 0 Å². The van der Waals surface area contributed by atoms with Crippen LogP contribution < -0.4 is 19.9 Å². The summed E-state index contributed by atoms with van der Waals surface area (Å²) in [6.07, 6.45) is 7.33. The van der Waals surface area contributed by atoms with Crippen molar-refractivity contribution in [1.29, 1.82) is 0 Å². The fourth-order valence-electron chi connectivity index (χ4n) is 6.13. The van der Waals surface area contributed by atoms with Gasteiger partial charge in [-0.15, -0.1) is 0 Å². The molecular weight excluding hydrogens is 667 g/mol. The number of unbranched alkanes of at least 4 members (excludes halogenated alkanes) is 4. The van der Waals surface area contributed by atoms with Crippen LogP contribution in [0.25, 0.3) is 0 Å². The second-order valence-electron chi connectivity index (χ2n) is 12.7. The lowest BCUT2D eigenvalue weighted by molar-refractivity contribution is -0.118. The van der Waals surface area contributed by atoms with Crippen molar-refractivity contribution in [2.75, 3.05) is 31.7 Å². The normalized spacial score (nSPS) is 13.3. The van der Waals surface area contributed by atoms with Crippen molar-refractivity contribution < 1.29 is 32.2 Å². The first-order valence-corrected chi connectivity index (χ1v) is 19.1. The van der Waals surface area contributed by atoms with Crippen LogP contribution in [0, 0.1) is 0 Å². The maximum absolute atomic E-state index is 12.8. The summed E-state index contributed by atoms with van der Waals surface area (Å²) in [5.41, 5.74) is 4.17. The Balaban J connectivity index is 1.13. The average molecular weight is 714 g/mol. The van der Waals surface area contributed by atoms with Crippen LogP contribution in [0.4, 0.5) is 5.69 Å². The number of carbonyl (C=O) groups is 2. The van der Waals surface area contributed by atoms with Gasteiger partial charge in [-0.1, -0.05) is 85.6 Å². The monoisotopic (exact) mass is 713 g/mol. The Morgan fingerprint density at radius 1 is 0.824 bits per heavy atom. The molecule has 1 unspecified atom stereocenters. The minimum Gasteiger partial charge on any atom is -0.487 e. The number of aryl methyl sites for hydroxylation is 1. The van der Waals surface area contributed by atoms with E-state index >= 15 is 0 Å². The van der Waals surface area contributed by atoms with Crippen molar-refractivity contribution in [3.63, 3.8) is 0 Å². The first-order valence-electron chi connectivity index (χ1n) is 17.5. The molecule has 1 atom stereocenters. The minimum absolute atomic E-state index is 0.135. The number of nitrogens with zero attached hydrogens (tertiary/aromatic N) is 1. The molecule has 0 radical (unpaired) electrons. The van der Waals surface area contributed by atoms with Gasteiger partial charge < -0.3 is 24.3 Å². The van der Waals surface area contributed by atoms with Gasteiger partial charge in [0.05, 0.1) is 10.9 Å². The smallest absolute Gasteiger partial charge is 0.262 e. The lowest BCUT2D eigenvalue weighted by Gasteiger charge is -2.32. The van der Waals surface area contributed by atoms with Gasteiger partial charge in [0.25, 0.3) is 5.91 Å². The van der Waals surface area contributed by atoms with Crippen molar-refractivity contribution in [2.45, 2.75) is 69.0 Å². The summed E-state index contributed by atoms with van der Waals surface area (Å²) in [5.74, 6) is 0.677. The number of amides is 1. The predicted molar refractivity (Wildman–Crippen MR) is 197 cm³/mol. The number of hydrogen-bond acceptors (Lipinski definition) is 8. The molecule has 270 valence electrons. The fraction of sp³-hybridized carbons (Fsp3) is 0.350. The largest absolute Gasteiger partial charge is 0.487 e. The SMILES string of the molecule is NS(=O)(=O)c1cccc(CCCCOCCCCCCN(Cc2ccccc2)C(C=O)c2ccc(OCc3ccccc3)c3c2OCC(=O)N3)c1. The number of nitrogens with one attached hydrogen (secondary N) is 1. The highest BCUT2D eigenvalue weighted by atomic mass is 32.2. The number of aldehydes is 1. The number of anilines is 1. The van der Waals surface area contributed by atoms with Crippen LogP contribution in [-0.2, 0) is 43.9 Å². The Hall–Kier alpha value is -4.55. The van der Waals surface area contributed by atoms with Crippen molar-refractivity contribution in [3.8, 4) is 11.5 Å². The first-order chi connectivity index (χ1) is 24.8. The zero-order valence-electron chi connectivity index (χ0n) is 28.9. The van der Waals surface area contributed by atoms with E-state index in [2.05, 4.69) is 22.3 Å². The van der Waals surface area contributed by atoms with Crippen LogP contribution >= 0.6 is 0 Å². The Morgan fingerprint density at radius 2 is 1.51 bits per heavy atom. The van der Waals surface area contributed by atoms with Gasteiger partial charge in [0.2, 0.25) is 10.0 Å². The number of carbonyl (C=O) groups excluding carboxylic acids is 2. The lowest BCUT2D eigenvalue weighted by atomic mass is 10.0. The van der Waals surface area contributed by atoms with Crippen molar-refractivity contribution >= 4 is 27.9 Å². The van der Waals surface area contributed by atoms with Crippen LogP contribution in [0.5, 0.6) is 11.5 Å². The molecule has 51 heavy (non-hydrogen) atoms. The molecule has 0 aromatic heterocycles. The summed E-state index contributed by atoms with van der Waals surface area (Å²) in [6, 6.07) is 29.7. The first kappa shape index (κ1) is 37.7. The van der Waals surface area contributed by atoms with Crippen molar-refractivity contribution in [3.05, 3.63) is 119 Å². The highest BCUT2D eigenvalue weighted by Crippen LogP contribution is 2.43. The Bertz CT molecular complexity index is 1820. The van der Waals surface area contributed by atoms with Crippen LogP contribution in [0.3, 0.4) is 0 Å². The second kappa shape index (κ2) is 19.2. The molecule has 0 spiro atoms. The number of sulfonamides is 1. The third kappa shape index (κ3) is 11.5. The lowest BCUT2D eigenvalue weighted by Crippen LogP contribution is -2.32. The maximum atomic E-state index is 12.8. The molecule has 10 nitrogen and oxygen atoms in total. The van der Waals surface area contributed by atoms with Crippen LogP contribution in [0.2, 0.25) is 0 Å². The Kier molecular flexibility index (Phi) is 14.2. The van der Waals surface area contributed by atoms with E-state index in [0.29, 0.717) is 55.7 Å². The van der Waals surface area contributed by atoms with E-state index in [-0.39, 0.29) is 17.4 Å². The van der Waals surface area contributed by atoms with E-state index in [9.17, 15) is 18.0 Å². The molecule has 1 heterocycles. The number of ether oxygens (including phenoxy) is 3. The van der Waals surface area contributed by atoms with Crippen LogP contribution in [0.1, 0.15) is 66.8 Å². The summed E-state index contributed by atoms with van der Waals surface area (Å²) in [5, 5.41) is 8.15. The molecule has 11 heteroatoms. The quantitative estimate of drug-likeness (QED) is 0.0730. The average Bonchev–Trinajstić information content (AvgIpc) is 3.14. The Morgan fingerprint density at radius 3 is 2.24 bits per heavy atom. The molecule has 1 amide bonds. The standard InChI is InChI=1S/C40H47N3O7S/c41-51(46,47)34-20-13-19-31(26-34)14-9-12-25-48-24-11-2-1-10-23-43(27-32-15-5-3-6-16-32)36(28-44)35-21-22-37(39-40(35)50-30-38(45)42-39)49-29-33-17-7-4-8-18-33/h3-8,13,15-22,26,28,36H,1-2,9-12,14,23-25,27,29-30H2,(H,42,45)(H2,41,46,47). The summed E-state index contributed by atoms with van der Waals surface area (Å²) >= 11 is 0. The highest BCUT2D eigenvalue weighted by Gasteiger charge is 2.30. The molecule has 4 aromatic rings. The van der Waals surface area contributed by atoms with E-state index in [4.69, 9.17) is 19.3 Å². The van der Waals surface area contributed by atoms with E-state index < -0.39 is 16.1 Å². The van der Waals surface area contributed by atoms with Crippen LogP contribution in [-0.4, -0.2) is 51.9 Å². The van der Waals surface area contributed by atoms with E-state index in [1.807, 2.05) is 60.7 Å². The van der Waals surface area contributed by atoms with Gasteiger partial charge >= 0.3 is 0 Å². The van der Waals surface area contributed by atoms with Gasteiger partial charge in [0, 0.05) is 25.3 Å². The molecule has 4 aromatic carbocycles. The molecule has 0 saturated carbocycles. The molecule has 0 aliphatic carbocycles. The van der Waals surface area contributed by atoms with Crippen molar-refractivity contribution in [1.82, 2.24) is 4.90 Å². The number of fused-ring (bicyclic) bond motifs is 1. The number of nitrogens with two attached hydrogens (primary N) is 1. The Labute approximate surface area is 301 Å². The van der Waals surface area contributed by atoms with E-state index in [1.165, 1.54) is 6.07 Å². The topological polar surface area (TPSA) is 137 Å². The number of primary sulfonamides is 1. The number of rotatable bonds is 21. The maximum Gasteiger partial charge on any atom is 0.262 e. The number of benzene rings is 4. The molecule has 1 aliphatic rings. The van der Waals surface area contributed by atoms with Gasteiger partial charge in [0.1, 0.15) is 24.3 Å². The molecule has 1 aliphatic heterocycles. The summed E-state index contributed by atoms with van der Waals surface area (Å²) in [4.78, 5) is 27.5. The second-order valence-corrected chi connectivity index (χ2v) is 14.2. The number of hydrogen-bond donors (Lipinski definition) is 2. The van der Waals surface area contributed by atoms with Crippen LogP contribution in [0.15, 0.2) is 102 Å². The van der Waals surface area contributed by atoms with Gasteiger partial charge in [-0.3, -0.25) is 9.69 Å². The molecule has 0 bridgehead atoms. The van der Waals surface area contributed by atoms with Gasteiger partial charge in [-0.05, 0) is 79.6 Å². The molecule has 5 rings (SSSR count). The van der Waals surface area contributed by atoms with E-state index in [1.54, 1.807) is 18.2 Å².